The number of para-hydroxylation sites is 3. The second kappa shape index (κ2) is 13.4. The summed E-state index contributed by atoms with van der Waals surface area (Å²) in [5.41, 5.74) is 18.7. The predicted molar refractivity (Wildman–Crippen MR) is 230 cm³/mol. The van der Waals surface area contributed by atoms with Crippen molar-refractivity contribution in [2.75, 3.05) is 9.80 Å². The van der Waals surface area contributed by atoms with E-state index in [9.17, 15) is 0 Å². The fraction of sp³-hybridized carbons (Fsp3) is 0. The third-order valence-electron chi connectivity index (χ3n) is 10.5. The van der Waals surface area contributed by atoms with E-state index >= 15 is 0 Å². The molecule has 0 unspecified atom stereocenters. The van der Waals surface area contributed by atoms with Gasteiger partial charge in [0, 0.05) is 11.4 Å². The molecule has 10 rings (SSSR count). The highest BCUT2D eigenvalue weighted by Gasteiger charge is 2.23. The van der Waals surface area contributed by atoms with Gasteiger partial charge in [-0.05, 0) is 122 Å². The molecule has 2 heterocycles. The molecule has 0 fully saturated rings. The Hall–Kier alpha value is -7.16. The Kier molecular flexibility index (Phi) is 7.85. The first kappa shape index (κ1) is 31.6. The summed E-state index contributed by atoms with van der Waals surface area (Å²) in [6, 6.07) is 70.1. The van der Waals surface area contributed by atoms with Gasteiger partial charge in [-0.1, -0.05) is 152 Å². The summed E-state index contributed by atoms with van der Waals surface area (Å²) < 4.78 is 0. The van der Waals surface area contributed by atoms with Crippen LogP contribution < -0.4 is 9.80 Å². The summed E-state index contributed by atoms with van der Waals surface area (Å²) in [6.07, 6.45) is 9.02. The quantitative estimate of drug-likeness (QED) is 0.178. The Balaban J connectivity index is 1.11. The first-order valence-electron chi connectivity index (χ1n) is 18.5. The van der Waals surface area contributed by atoms with E-state index < -0.39 is 0 Å². The zero-order valence-electron chi connectivity index (χ0n) is 29.7. The molecule has 2 aliphatic rings. The van der Waals surface area contributed by atoms with Crippen LogP contribution in [-0.2, 0) is 0 Å². The molecule has 2 nitrogen and oxygen atoms in total. The molecule has 0 radical (unpaired) electrons. The van der Waals surface area contributed by atoms with Crippen molar-refractivity contribution in [1.82, 2.24) is 0 Å². The van der Waals surface area contributed by atoms with Crippen LogP contribution in [0.5, 0.6) is 0 Å². The van der Waals surface area contributed by atoms with Gasteiger partial charge in [0.1, 0.15) is 0 Å². The molecule has 0 aromatic heterocycles. The van der Waals surface area contributed by atoms with Gasteiger partial charge in [0.15, 0.2) is 0 Å². The van der Waals surface area contributed by atoms with Gasteiger partial charge in [-0.3, -0.25) is 0 Å². The third-order valence-corrected chi connectivity index (χ3v) is 10.5. The van der Waals surface area contributed by atoms with Crippen LogP contribution in [0.3, 0.4) is 0 Å². The van der Waals surface area contributed by atoms with Crippen LogP contribution in [0.15, 0.2) is 194 Å². The second-order valence-corrected chi connectivity index (χ2v) is 13.8. The van der Waals surface area contributed by atoms with Crippen molar-refractivity contribution >= 4 is 58.4 Å². The standard InChI is InChI=1S/C52H36N2/c1-4-14-37(15-5-1)45-34-46(38-16-6-2-7-17-38)36-48(35-45)54-50-23-13-11-19-40(50)25-27-44-33-42(29-31-52(44)54)41-28-30-51-43(32-41)26-24-39-18-10-12-22-49(39)53(51)47-20-8-3-9-21-47/h1-36H. The van der Waals surface area contributed by atoms with Crippen molar-refractivity contribution in [2.45, 2.75) is 0 Å². The molecule has 254 valence electrons. The van der Waals surface area contributed by atoms with Crippen molar-refractivity contribution in [3.8, 4) is 33.4 Å². The smallest absolute Gasteiger partial charge is 0.0534 e. The van der Waals surface area contributed by atoms with Crippen molar-refractivity contribution in [3.63, 3.8) is 0 Å². The first-order valence-corrected chi connectivity index (χ1v) is 18.5. The normalized spacial score (nSPS) is 12.6. The van der Waals surface area contributed by atoms with E-state index in [0.29, 0.717) is 0 Å². The monoisotopic (exact) mass is 688 g/mol. The van der Waals surface area contributed by atoms with E-state index in [1.54, 1.807) is 0 Å². The van der Waals surface area contributed by atoms with Crippen LogP contribution in [0.1, 0.15) is 22.3 Å². The Morgan fingerprint density at radius 3 is 1.11 bits per heavy atom. The average Bonchev–Trinajstić information content (AvgIpc) is 3.52. The highest BCUT2D eigenvalue weighted by Crippen LogP contribution is 2.47. The van der Waals surface area contributed by atoms with Crippen LogP contribution in [0.4, 0.5) is 34.1 Å². The van der Waals surface area contributed by atoms with Crippen LogP contribution in [0, 0.1) is 0 Å². The second-order valence-electron chi connectivity index (χ2n) is 13.8. The van der Waals surface area contributed by atoms with Crippen LogP contribution >= 0.6 is 0 Å². The largest absolute Gasteiger partial charge is 0.309 e. The number of hydrogen-bond donors (Lipinski definition) is 0. The number of nitrogens with zero attached hydrogens (tertiary/aromatic N) is 2. The maximum Gasteiger partial charge on any atom is 0.0534 e. The van der Waals surface area contributed by atoms with E-state index in [-0.39, 0.29) is 0 Å². The van der Waals surface area contributed by atoms with Crippen LogP contribution in [0.25, 0.3) is 57.7 Å². The topological polar surface area (TPSA) is 6.48 Å². The lowest BCUT2D eigenvalue weighted by molar-refractivity contribution is 1.27. The summed E-state index contributed by atoms with van der Waals surface area (Å²) in [5.74, 6) is 0. The summed E-state index contributed by atoms with van der Waals surface area (Å²) in [7, 11) is 0. The molecular weight excluding hydrogens is 653 g/mol. The SMILES string of the molecule is C1=Cc2cc(-c3ccc4c(c3)C=Cc3ccccc3N4c3cc(-c4ccccc4)cc(-c4ccccc4)c3)ccc2N(c2ccccc2)c2ccccc21. The fourth-order valence-corrected chi connectivity index (χ4v) is 7.89. The lowest BCUT2D eigenvalue weighted by atomic mass is 9.96. The van der Waals surface area contributed by atoms with Gasteiger partial charge in [0.2, 0.25) is 0 Å². The maximum absolute atomic E-state index is 2.43. The van der Waals surface area contributed by atoms with E-state index in [0.717, 1.165) is 28.4 Å². The summed E-state index contributed by atoms with van der Waals surface area (Å²) >= 11 is 0. The molecule has 0 N–H and O–H groups in total. The maximum atomic E-state index is 2.43. The molecule has 0 saturated heterocycles. The van der Waals surface area contributed by atoms with Crippen LogP contribution in [0.2, 0.25) is 0 Å². The average molecular weight is 689 g/mol. The van der Waals surface area contributed by atoms with Gasteiger partial charge >= 0.3 is 0 Å². The highest BCUT2D eigenvalue weighted by molar-refractivity contribution is 5.97. The van der Waals surface area contributed by atoms with E-state index in [1.165, 1.54) is 61.3 Å². The zero-order chi connectivity index (χ0) is 35.8. The van der Waals surface area contributed by atoms with Crippen molar-refractivity contribution in [2.24, 2.45) is 0 Å². The summed E-state index contributed by atoms with van der Waals surface area (Å²) in [4.78, 5) is 4.80. The van der Waals surface area contributed by atoms with E-state index in [1.807, 2.05) is 0 Å². The minimum absolute atomic E-state index is 1.12. The van der Waals surface area contributed by atoms with E-state index in [4.69, 9.17) is 0 Å². The molecule has 0 saturated carbocycles. The molecule has 2 heteroatoms. The molecule has 0 aliphatic carbocycles. The number of benzene rings is 8. The zero-order valence-corrected chi connectivity index (χ0v) is 29.7. The van der Waals surface area contributed by atoms with Gasteiger partial charge in [0.25, 0.3) is 0 Å². The molecule has 8 aromatic carbocycles. The molecule has 2 aliphatic heterocycles. The van der Waals surface area contributed by atoms with E-state index in [2.05, 4.69) is 228 Å². The molecule has 54 heavy (non-hydrogen) atoms. The fourth-order valence-electron chi connectivity index (χ4n) is 7.89. The van der Waals surface area contributed by atoms with Gasteiger partial charge in [-0.2, -0.15) is 0 Å². The minimum atomic E-state index is 1.12. The van der Waals surface area contributed by atoms with Gasteiger partial charge in [-0.15, -0.1) is 0 Å². The Bertz CT molecular complexity index is 2650. The molecule has 0 spiro atoms. The number of rotatable bonds is 5. The molecular formula is C52H36N2. The van der Waals surface area contributed by atoms with Crippen molar-refractivity contribution in [1.29, 1.82) is 0 Å². The molecule has 0 bridgehead atoms. The molecule has 0 atom stereocenters. The third kappa shape index (κ3) is 5.71. The summed E-state index contributed by atoms with van der Waals surface area (Å²) in [5, 5.41) is 0. The lowest BCUT2D eigenvalue weighted by Crippen LogP contribution is -2.12. The molecule has 8 aromatic rings. The highest BCUT2D eigenvalue weighted by atomic mass is 15.2. The predicted octanol–water partition coefficient (Wildman–Crippen LogP) is 14.6. The first-order chi connectivity index (χ1) is 26.8. The van der Waals surface area contributed by atoms with Crippen molar-refractivity contribution in [3.05, 3.63) is 216 Å². The summed E-state index contributed by atoms with van der Waals surface area (Å²) in [6.45, 7) is 0. The number of hydrogen-bond acceptors (Lipinski definition) is 2. The minimum Gasteiger partial charge on any atom is -0.309 e. The van der Waals surface area contributed by atoms with Gasteiger partial charge < -0.3 is 9.80 Å². The van der Waals surface area contributed by atoms with Gasteiger partial charge in [-0.25, -0.2) is 0 Å². The van der Waals surface area contributed by atoms with Gasteiger partial charge in [0.05, 0.1) is 22.7 Å². The lowest BCUT2D eigenvalue weighted by Gasteiger charge is -2.29. The number of anilines is 6. The molecule has 0 amide bonds. The Labute approximate surface area is 316 Å². The Morgan fingerprint density at radius 2 is 0.611 bits per heavy atom. The van der Waals surface area contributed by atoms with Crippen LogP contribution in [-0.4, -0.2) is 0 Å². The number of fused-ring (bicyclic) bond motifs is 4. The van der Waals surface area contributed by atoms with Crippen molar-refractivity contribution < 1.29 is 0 Å². The Morgan fingerprint density at radius 1 is 0.222 bits per heavy atom.